The number of likely N-dealkylation sites (N-methyl/N-ethyl adjacent to an activating group) is 1. The summed E-state index contributed by atoms with van der Waals surface area (Å²) < 4.78 is 0. The Bertz CT molecular complexity index is 542. The molecule has 1 unspecified atom stereocenters. The standard InChI is InChI=1S/C15H14ClNOS/c1-17-15(18)14(11-5-3-2-4-6-11)19-13-9-7-12(16)8-10-13/h2-10,14H,1H3,(H,17,18). The molecule has 1 atom stereocenters. The minimum Gasteiger partial charge on any atom is -0.358 e. The third-order valence-corrected chi connectivity index (χ3v) is 4.17. The van der Waals surface area contributed by atoms with Crippen LogP contribution in [0, 0.1) is 0 Å². The lowest BCUT2D eigenvalue weighted by atomic mass is 10.1. The molecule has 1 amide bonds. The van der Waals surface area contributed by atoms with Crippen molar-refractivity contribution < 1.29 is 4.79 Å². The predicted octanol–water partition coefficient (Wildman–Crippen LogP) is 3.92. The molecule has 4 heteroatoms. The summed E-state index contributed by atoms with van der Waals surface area (Å²) in [6.45, 7) is 0. The second-order valence-electron chi connectivity index (χ2n) is 3.98. The van der Waals surface area contributed by atoms with Gasteiger partial charge in [0.05, 0.1) is 0 Å². The van der Waals surface area contributed by atoms with Crippen molar-refractivity contribution >= 4 is 29.3 Å². The van der Waals surface area contributed by atoms with E-state index < -0.39 is 0 Å². The number of rotatable bonds is 4. The molecule has 0 saturated heterocycles. The molecule has 2 nitrogen and oxygen atoms in total. The fraction of sp³-hybridized carbons (Fsp3) is 0.133. The van der Waals surface area contributed by atoms with Gasteiger partial charge >= 0.3 is 0 Å². The van der Waals surface area contributed by atoms with Crippen LogP contribution in [0.15, 0.2) is 59.5 Å². The molecule has 2 aromatic carbocycles. The van der Waals surface area contributed by atoms with Crippen LogP contribution in [-0.4, -0.2) is 13.0 Å². The maximum Gasteiger partial charge on any atom is 0.237 e. The number of carbonyl (C=O) groups is 1. The molecule has 0 radical (unpaired) electrons. The molecule has 0 aliphatic carbocycles. The van der Waals surface area contributed by atoms with Gasteiger partial charge in [0.15, 0.2) is 0 Å². The molecule has 0 aliphatic rings. The van der Waals surface area contributed by atoms with Crippen molar-refractivity contribution in [3.8, 4) is 0 Å². The molecular formula is C15H14ClNOS. The van der Waals surface area contributed by atoms with Crippen LogP contribution in [0.4, 0.5) is 0 Å². The van der Waals surface area contributed by atoms with Crippen LogP contribution in [0.3, 0.4) is 0 Å². The van der Waals surface area contributed by atoms with Crippen molar-refractivity contribution in [2.75, 3.05) is 7.05 Å². The summed E-state index contributed by atoms with van der Waals surface area (Å²) in [5.74, 6) is -0.00819. The fourth-order valence-electron chi connectivity index (χ4n) is 1.68. The molecule has 98 valence electrons. The molecule has 19 heavy (non-hydrogen) atoms. The van der Waals surface area contributed by atoms with Gasteiger partial charge in [-0.05, 0) is 29.8 Å². The lowest BCUT2D eigenvalue weighted by Gasteiger charge is -2.15. The maximum absolute atomic E-state index is 12.0. The molecule has 0 heterocycles. The number of halogens is 1. The van der Waals surface area contributed by atoms with Crippen molar-refractivity contribution in [3.05, 3.63) is 65.2 Å². The fourth-order valence-corrected chi connectivity index (χ4v) is 2.89. The van der Waals surface area contributed by atoms with E-state index in [0.717, 1.165) is 10.5 Å². The maximum atomic E-state index is 12.0. The lowest BCUT2D eigenvalue weighted by molar-refractivity contribution is -0.120. The number of hydrogen-bond acceptors (Lipinski definition) is 2. The molecule has 2 rings (SSSR count). The van der Waals surface area contributed by atoms with Crippen LogP contribution in [0.25, 0.3) is 0 Å². The summed E-state index contributed by atoms with van der Waals surface area (Å²) in [6.07, 6.45) is 0. The van der Waals surface area contributed by atoms with Gasteiger partial charge in [0.1, 0.15) is 5.25 Å². The van der Waals surface area contributed by atoms with Crippen molar-refractivity contribution in [2.24, 2.45) is 0 Å². The largest absolute Gasteiger partial charge is 0.358 e. The van der Waals surface area contributed by atoms with E-state index in [1.807, 2.05) is 54.6 Å². The SMILES string of the molecule is CNC(=O)C(Sc1ccc(Cl)cc1)c1ccccc1. The van der Waals surface area contributed by atoms with Crippen molar-refractivity contribution in [2.45, 2.75) is 10.1 Å². The molecule has 0 fully saturated rings. The first-order valence-corrected chi connectivity index (χ1v) is 7.15. The molecule has 0 saturated carbocycles. The highest BCUT2D eigenvalue weighted by Gasteiger charge is 2.20. The van der Waals surface area contributed by atoms with Gasteiger partial charge < -0.3 is 5.32 Å². The number of hydrogen-bond donors (Lipinski definition) is 1. The van der Waals surface area contributed by atoms with Crippen LogP contribution >= 0.6 is 23.4 Å². The first-order valence-electron chi connectivity index (χ1n) is 5.89. The molecule has 1 N–H and O–H groups in total. The minimum absolute atomic E-state index is 0.00819. The second-order valence-corrected chi connectivity index (χ2v) is 5.59. The van der Waals surface area contributed by atoms with E-state index in [1.54, 1.807) is 7.05 Å². The highest BCUT2D eigenvalue weighted by molar-refractivity contribution is 8.00. The third kappa shape index (κ3) is 3.75. The zero-order valence-electron chi connectivity index (χ0n) is 10.5. The van der Waals surface area contributed by atoms with Crippen LogP contribution < -0.4 is 5.32 Å². The second kappa shape index (κ2) is 6.64. The van der Waals surface area contributed by atoms with E-state index in [-0.39, 0.29) is 11.2 Å². The predicted molar refractivity (Wildman–Crippen MR) is 80.6 cm³/mol. The van der Waals surface area contributed by atoms with Crippen molar-refractivity contribution in [3.63, 3.8) is 0 Å². The van der Waals surface area contributed by atoms with Gasteiger partial charge in [-0.3, -0.25) is 4.79 Å². The first-order chi connectivity index (χ1) is 9.20. The van der Waals surface area contributed by atoms with E-state index in [1.165, 1.54) is 11.8 Å². The van der Waals surface area contributed by atoms with Crippen LogP contribution in [0.2, 0.25) is 5.02 Å². The van der Waals surface area contributed by atoms with E-state index in [4.69, 9.17) is 11.6 Å². The summed E-state index contributed by atoms with van der Waals surface area (Å²) in [5.41, 5.74) is 0.988. The average Bonchev–Trinajstić information content (AvgIpc) is 2.47. The van der Waals surface area contributed by atoms with Crippen molar-refractivity contribution in [1.82, 2.24) is 5.32 Å². The molecular weight excluding hydrogens is 278 g/mol. The van der Waals surface area contributed by atoms with Crippen molar-refractivity contribution in [1.29, 1.82) is 0 Å². The Balaban J connectivity index is 2.24. The number of amides is 1. The highest BCUT2D eigenvalue weighted by atomic mass is 35.5. The number of carbonyl (C=O) groups excluding carboxylic acids is 1. The van der Waals surface area contributed by atoms with E-state index in [9.17, 15) is 4.79 Å². The Morgan fingerprint density at radius 3 is 2.32 bits per heavy atom. The van der Waals surface area contributed by atoms with Crippen LogP contribution in [0.5, 0.6) is 0 Å². The van der Waals surface area contributed by atoms with E-state index in [2.05, 4.69) is 5.32 Å². The molecule has 0 aromatic heterocycles. The Kier molecular flexibility index (Phi) is 4.88. The van der Waals surface area contributed by atoms with Gasteiger partial charge in [0.2, 0.25) is 5.91 Å². The Morgan fingerprint density at radius 2 is 1.74 bits per heavy atom. The number of thioether (sulfide) groups is 1. The summed E-state index contributed by atoms with van der Waals surface area (Å²) in [4.78, 5) is 13.0. The smallest absolute Gasteiger partial charge is 0.237 e. The van der Waals surface area contributed by atoms with Gasteiger partial charge in [0.25, 0.3) is 0 Å². The van der Waals surface area contributed by atoms with Crippen LogP contribution in [0.1, 0.15) is 10.8 Å². The molecule has 0 bridgehead atoms. The first kappa shape index (κ1) is 14.0. The summed E-state index contributed by atoms with van der Waals surface area (Å²) in [7, 11) is 1.65. The Labute approximate surface area is 122 Å². The zero-order valence-corrected chi connectivity index (χ0v) is 12.0. The molecule has 2 aromatic rings. The quantitative estimate of drug-likeness (QED) is 0.865. The Hall–Kier alpha value is -1.45. The number of benzene rings is 2. The number of nitrogens with one attached hydrogen (secondary N) is 1. The molecule has 0 aliphatic heterocycles. The zero-order chi connectivity index (χ0) is 13.7. The van der Waals surface area contributed by atoms with Gasteiger partial charge in [0, 0.05) is 17.0 Å². The van der Waals surface area contributed by atoms with E-state index >= 15 is 0 Å². The van der Waals surface area contributed by atoms with Gasteiger partial charge in [-0.15, -0.1) is 11.8 Å². The normalized spacial score (nSPS) is 11.9. The summed E-state index contributed by atoms with van der Waals surface area (Å²) in [6, 6.07) is 17.2. The highest BCUT2D eigenvalue weighted by Crippen LogP contribution is 2.35. The average molecular weight is 292 g/mol. The Morgan fingerprint density at radius 1 is 1.11 bits per heavy atom. The summed E-state index contributed by atoms with van der Waals surface area (Å²) in [5, 5.41) is 3.15. The van der Waals surface area contributed by atoms with Gasteiger partial charge in [-0.2, -0.15) is 0 Å². The molecule has 0 spiro atoms. The summed E-state index contributed by atoms with van der Waals surface area (Å²) >= 11 is 7.38. The van der Waals surface area contributed by atoms with Crippen LogP contribution in [-0.2, 0) is 4.79 Å². The van der Waals surface area contributed by atoms with Gasteiger partial charge in [-0.1, -0.05) is 41.9 Å². The van der Waals surface area contributed by atoms with E-state index in [0.29, 0.717) is 5.02 Å². The van der Waals surface area contributed by atoms with Gasteiger partial charge in [-0.25, -0.2) is 0 Å². The third-order valence-electron chi connectivity index (χ3n) is 2.65. The monoisotopic (exact) mass is 291 g/mol. The lowest BCUT2D eigenvalue weighted by Crippen LogP contribution is -2.23. The topological polar surface area (TPSA) is 29.1 Å². The minimum atomic E-state index is -0.257.